The van der Waals surface area contributed by atoms with Crippen molar-refractivity contribution in [1.82, 2.24) is 10.2 Å². The fraction of sp³-hybridized carbons (Fsp3) is 0.350. The highest BCUT2D eigenvalue weighted by atomic mass is 35.5. The quantitative estimate of drug-likeness (QED) is 0.846. The molecule has 0 aromatic heterocycles. The molecule has 0 spiro atoms. The van der Waals surface area contributed by atoms with Gasteiger partial charge < -0.3 is 14.8 Å². The van der Waals surface area contributed by atoms with Gasteiger partial charge in [0.05, 0.1) is 12.7 Å². The van der Waals surface area contributed by atoms with E-state index in [1.54, 1.807) is 7.11 Å². The van der Waals surface area contributed by atoms with Crippen molar-refractivity contribution >= 4 is 17.5 Å². The largest absolute Gasteiger partial charge is 0.497 e. The van der Waals surface area contributed by atoms with Crippen LogP contribution in [0.3, 0.4) is 0 Å². The molecule has 1 aliphatic heterocycles. The lowest BCUT2D eigenvalue weighted by molar-refractivity contribution is 0.0940. The summed E-state index contributed by atoms with van der Waals surface area (Å²) in [5.41, 5.74) is 1.01. The third-order valence-electron chi connectivity index (χ3n) is 4.40. The van der Waals surface area contributed by atoms with Gasteiger partial charge in [-0.3, -0.25) is 9.69 Å². The summed E-state index contributed by atoms with van der Waals surface area (Å²) in [4.78, 5) is 14.4. The molecule has 0 saturated carbocycles. The van der Waals surface area contributed by atoms with Gasteiger partial charge in [-0.2, -0.15) is 0 Å². The minimum atomic E-state index is -0.587. The highest BCUT2D eigenvalue weighted by Crippen LogP contribution is 2.29. The second-order valence-electron chi connectivity index (χ2n) is 6.52. The summed E-state index contributed by atoms with van der Waals surface area (Å²) in [5, 5.41) is 3.08. The molecule has 5 nitrogen and oxygen atoms in total. The molecule has 3 rings (SSSR count). The van der Waals surface area contributed by atoms with Gasteiger partial charge in [0.25, 0.3) is 5.91 Å². The molecule has 0 saturated heterocycles. The lowest BCUT2D eigenvalue weighted by Gasteiger charge is -2.21. The van der Waals surface area contributed by atoms with Crippen LogP contribution in [0.1, 0.15) is 22.8 Å². The Morgan fingerprint density at radius 3 is 2.96 bits per heavy atom. The van der Waals surface area contributed by atoms with E-state index in [-0.39, 0.29) is 11.7 Å². The molecule has 1 heterocycles. The Kier molecular flexibility index (Phi) is 6.19. The van der Waals surface area contributed by atoms with Gasteiger partial charge >= 0.3 is 0 Å². The molecule has 0 aliphatic carbocycles. The van der Waals surface area contributed by atoms with E-state index in [1.807, 2.05) is 25.1 Å². The first kappa shape index (κ1) is 19.5. The molecule has 0 radical (unpaired) electrons. The van der Waals surface area contributed by atoms with E-state index < -0.39 is 11.7 Å². The molecule has 2 aromatic carbocycles. The molecular weight excluding hydrogens is 371 g/mol. The fourth-order valence-corrected chi connectivity index (χ4v) is 3.26. The van der Waals surface area contributed by atoms with Gasteiger partial charge in [-0.25, -0.2) is 4.39 Å². The average Bonchev–Trinajstić information content (AvgIpc) is 2.80. The van der Waals surface area contributed by atoms with E-state index in [2.05, 4.69) is 10.2 Å². The van der Waals surface area contributed by atoms with E-state index >= 15 is 0 Å². The van der Waals surface area contributed by atoms with Crippen LogP contribution in [0.25, 0.3) is 0 Å². The molecule has 0 fully saturated rings. The second-order valence-corrected chi connectivity index (χ2v) is 6.95. The number of hydrogen-bond donors (Lipinski definition) is 1. The van der Waals surface area contributed by atoms with Gasteiger partial charge in [0, 0.05) is 42.8 Å². The van der Waals surface area contributed by atoms with Crippen LogP contribution in [0.15, 0.2) is 36.4 Å². The molecule has 0 bridgehead atoms. The molecule has 1 atom stereocenters. The highest BCUT2D eigenvalue weighted by Gasteiger charge is 2.21. The number of rotatable bonds is 5. The first-order chi connectivity index (χ1) is 13.0. The summed E-state index contributed by atoms with van der Waals surface area (Å²) >= 11 is 5.84. The molecule has 144 valence electrons. The van der Waals surface area contributed by atoms with Crippen LogP contribution >= 0.6 is 11.6 Å². The number of nitrogens with one attached hydrogen (secondary N) is 1. The van der Waals surface area contributed by atoms with Crippen LogP contribution in [0, 0.1) is 5.82 Å². The van der Waals surface area contributed by atoms with Gasteiger partial charge in [0.1, 0.15) is 23.4 Å². The standard InChI is InChI=1S/C20H22ClFN2O3/c1-13-11-24(12-14-3-5-16(26-2)10-19(14)27-13)8-7-23-20(25)17-9-15(21)4-6-18(17)22/h3-6,9-10,13H,7-8,11-12H2,1-2H3,(H,23,25). The molecular formula is C20H22ClFN2O3. The summed E-state index contributed by atoms with van der Waals surface area (Å²) in [6.45, 7) is 4.43. The van der Waals surface area contributed by atoms with Crippen LogP contribution in [-0.4, -0.2) is 43.7 Å². The summed E-state index contributed by atoms with van der Waals surface area (Å²) in [5.74, 6) is 0.510. The Bertz CT molecular complexity index is 831. The number of amides is 1. The minimum absolute atomic E-state index is 0.000526. The molecule has 1 N–H and O–H groups in total. The maximum absolute atomic E-state index is 13.8. The predicted molar refractivity (Wildman–Crippen MR) is 102 cm³/mol. The number of nitrogens with zero attached hydrogens (tertiary/aromatic N) is 1. The number of methoxy groups -OCH3 is 1. The van der Waals surface area contributed by atoms with Crippen molar-refractivity contribution in [2.75, 3.05) is 26.7 Å². The number of fused-ring (bicyclic) bond motifs is 1. The molecule has 7 heteroatoms. The van der Waals surface area contributed by atoms with Crippen molar-refractivity contribution in [2.24, 2.45) is 0 Å². The van der Waals surface area contributed by atoms with Gasteiger partial charge in [0.2, 0.25) is 0 Å². The zero-order valence-electron chi connectivity index (χ0n) is 15.3. The van der Waals surface area contributed by atoms with Crippen molar-refractivity contribution in [3.63, 3.8) is 0 Å². The topological polar surface area (TPSA) is 50.8 Å². The monoisotopic (exact) mass is 392 g/mol. The molecule has 2 aromatic rings. The normalized spacial score (nSPS) is 16.8. The van der Waals surface area contributed by atoms with Crippen LogP contribution in [0.4, 0.5) is 4.39 Å². The first-order valence-electron chi connectivity index (χ1n) is 8.75. The summed E-state index contributed by atoms with van der Waals surface area (Å²) in [6, 6.07) is 9.71. The first-order valence-corrected chi connectivity index (χ1v) is 9.13. The molecule has 27 heavy (non-hydrogen) atoms. The van der Waals surface area contributed by atoms with Crippen LogP contribution in [0.2, 0.25) is 5.02 Å². The van der Waals surface area contributed by atoms with E-state index in [9.17, 15) is 9.18 Å². The Morgan fingerprint density at radius 1 is 1.37 bits per heavy atom. The third-order valence-corrected chi connectivity index (χ3v) is 4.63. The Labute approximate surface area is 163 Å². The Hall–Kier alpha value is -2.31. The molecule has 1 aliphatic rings. The van der Waals surface area contributed by atoms with Gasteiger partial charge in [-0.05, 0) is 31.2 Å². The van der Waals surface area contributed by atoms with Crippen LogP contribution in [0.5, 0.6) is 11.5 Å². The number of carbonyl (C=O) groups excluding carboxylic acids is 1. The fourth-order valence-electron chi connectivity index (χ4n) is 3.09. The van der Waals surface area contributed by atoms with Gasteiger partial charge in [0.15, 0.2) is 0 Å². The Morgan fingerprint density at radius 2 is 2.19 bits per heavy atom. The second kappa shape index (κ2) is 8.59. The summed E-state index contributed by atoms with van der Waals surface area (Å²) < 4.78 is 25.0. The zero-order chi connectivity index (χ0) is 19.4. The maximum Gasteiger partial charge on any atom is 0.254 e. The van der Waals surface area contributed by atoms with Crippen molar-refractivity contribution in [1.29, 1.82) is 0 Å². The number of benzene rings is 2. The van der Waals surface area contributed by atoms with E-state index in [0.29, 0.717) is 24.7 Å². The van der Waals surface area contributed by atoms with Crippen molar-refractivity contribution in [2.45, 2.75) is 19.6 Å². The minimum Gasteiger partial charge on any atom is -0.497 e. The SMILES string of the molecule is COc1ccc2c(c1)OC(C)CN(CCNC(=O)c1cc(Cl)ccc1F)C2. The molecule has 1 unspecified atom stereocenters. The van der Waals surface area contributed by atoms with Crippen LogP contribution in [-0.2, 0) is 6.54 Å². The van der Waals surface area contributed by atoms with Gasteiger partial charge in [-0.15, -0.1) is 0 Å². The number of carbonyl (C=O) groups is 1. The lowest BCUT2D eigenvalue weighted by Crippen LogP contribution is -2.38. The number of halogens is 2. The predicted octanol–water partition coefficient (Wildman–Crippen LogP) is 3.50. The van der Waals surface area contributed by atoms with Crippen molar-refractivity contribution in [3.05, 3.63) is 58.4 Å². The van der Waals surface area contributed by atoms with Gasteiger partial charge in [-0.1, -0.05) is 17.7 Å². The van der Waals surface area contributed by atoms with Crippen LogP contribution < -0.4 is 14.8 Å². The van der Waals surface area contributed by atoms with E-state index in [0.717, 1.165) is 23.6 Å². The Balaban J connectivity index is 1.60. The number of hydrogen-bond acceptors (Lipinski definition) is 4. The average molecular weight is 393 g/mol. The maximum atomic E-state index is 13.8. The van der Waals surface area contributed by atoms with Crippen molar-refractivity contribution in [3.8, 4) is 11.5 Å². The number of ether oxygens (including phenoxy) is 2. The van der Waals surface area contributed by atoms with E-state index in [4.69, 9.17) is 21.1 Å². The van der Waals surface area contributed by atoms with Crippen molar-refractivity contribution < 1.29 is 18.7 Å². The van der Waals surface area contributed by atoms with E-state index in [1.165, 1.54) is 18.2 Å². The zero-order valence-corrected chi connectivity index (χ0v) is 16.1. The highest BCUT2D eigenvalue weighted by molar-refractivity contribution is 6.31. The third kappa shape index (κ3) is 4.90. The lowest BCUT2D eigenvalue weighted by atomic mass is 10.2. The summed E-state index contributed by atoms with van der Waals surface area (Å²) in [6.07, 6.45) is -0.000526. The smallest absolute Gasteiger partial charge is 0.254 e. The summed E-state index contributed by atoms with van der Waals surface area (Å²) in [7, 11) is 1.62. The molecule has 1 amide bonds.